The van der Waals surface area contributed by atoms with Crippen LogP contribution in [0.3, 0.4) is 0 Å². The third kappa shape index (κ3) is 0.893. The summed E-state index contributed by atoms with van der Waals surface area (Å²) in [6.07, 6.45) is -4.01. The minimum atomic E-state index is -1.33. The summed E-state index contributed by atoms with van der Waals surface area (Å²) in [6.45, 7) is 0.175. The van der Waals surface area contributed by atoms with Gasteiger partial charge in [0.25, 0.3) is 0 Å². The zero-order valence-electron chi connectivity index (χ0n) is 5.64. The molecule has 2 bridgehead atoms. The zero-order valence-corrected chi connectivity index (χ0v) is 5.64. The topological polar surface area (TPSA) is 76.0 Å². The van der Waals surface area contributed by atoms with Crippen molar-refractivity contribution >= 4 is 5.78 Å². The lowest BCUT2D eigenvalue weighted by Crippen LogP contribution is -2.50. The van der Waals surface area contributed by atoms with Gasteiger partial charge in [0.05, 0.1) is 6.61 Å². The van der Waals surface area contributed by atoms with Crippen LogP contribution in [0, 0.1) is 0 Å². The molecule has 2 heterocycles. The first-order chi connectivity index (χ1) is 5.20. The van der Waals surface area contributed by atoms with E-state index in [1.807, 2.05) is 0 Å². The van der Waals surface area contributed by atoms with Crippen LogP contribution in [0.5, 0.6) is 0 Å². The van der Waals surface area contributed by atoms with Crippen molar-refractivity contribution in [3.63, 3.8) is 0 Å². The highest BCUT2D eigenvalue weighted by Crippen LogP contribution is 2.24. The first-order valence-electron chi connectivity index (χ1n) is 3.37. The first kappa shape index (κ1) is 7.17. The van der Waals surface area contributed by atoms with Gasteiger partial charge in [-0.3, -0.25) is 4.79 Å². The number of Topliss-reactive ketones (excluding diaryl/α,β-unsaturated/α-hetero) is 1. The van der Waals surface area contributed by atoms with Gasteiger partial charge in [-0.1, -0.05) is 0 Å². The quantitative estimate of drug-likeness (QED) is 0.430. The molecule has 5 nitrogen and oxygen atoms in total. The standard InChI is InChI=1S/C6H8O5/c7-3-2-1-10-6(11-2)5(9)4(3)8/h2-3,5-7,9H,1H2/t2-,3+,5-,6-/m1/s1. The third-order valence-electron chi connectivity index (χ3n) is 1.93. The van der Waals surface area contributed by atoms with E-state index in [9.17, 15) is 4.79 Å². The van der Waals surface area contributed by atoms with E-state index in [1.165, 1.54) is 0 Å². The molecule has 0 aromatic rings. The van der Waals surface area contributed by atoms with E-state index in [4.69, 9.17) is 19.7 Å². The average molecular weight is 160 g/mol. The number of hydrogen-bond donors (Lipinski definition) is 2. The Labute approximate surface area is 62.5 Å². The number of rotatable bonds is 0. The SMILES string of the molecule is O=C1[C@@H](O)[C@@H]2OC[C@@H](O2)[C@@H]1O. The second kappa shape index (κ2) is 2.25. The van der Waals surface area contributed by atoms with Crippen molar-refractivity contribution in [3.8, 4) is 0 Å². The van der Waals surface area contributed by atoms with E-state index in [0.717, 1.165) is 0 Å². The Bertz CT molecular complexity index is 173. The van der Waals surface area contributed by atoms with Crippen molar-refractivity contribution in [1.29, 1.82) is 0 Å². The van der Waals surface area contributed by atoms with Crippen LogP contribution in [-0.4, -0.2) is 47.2 Å². The maximum absolute atomic E-state index is 10.9. The molecule has 2 fully saturated rings. The van der Waals surface area contributed by atoms with Crippen molar-refractivity contribution in [1.82, 2.24) is 0 Å². The van der Waals surface area contributed by atoms with Crippen molar-refractivity contribution in [3.05, 3.63) is 0 Å². The molecule has 0 aliphatic carbocycles. The Kier molecular flexibility index (Phi) is 1.47. The van der Waals surface area contributed by atoms with Gasteiger partial charge in [-0.05, 0) is 0 Å². The number of fused-ring (bicyclic) bond motifs is 2. The smallest absolute Gasteiger partial charge is 0.197 e. The molecule has 0 aromatic carbocycles. The second-order valence-electron chi connectivity index (χ2n) is 2.67. The van der Waals surface area contributed by atoms with Crippen LogP contribution in [0.1, 0.15) is 0 Å². The summed E-state index contributed by atoms with van der Waals surface area (Å²) in [7, 11) is 0. The van der Waals surface area contributed by atoms with Crippen LogP contribution in [0.2, 0.25) is 0 Å². The highest BCUT2D eigenvalue weighted by Gasteiger charge is 2.48. The van der Waals surface area contributed by atoms with Gasteiger partial charge in [0, 0.05) is 0 Å². The fourth-order valence-corrected chi connectivity index (χ4v) is 1.26. The molecule has 2 saturated heterocycles. The molecule has 0 amide bonds. The molecule has 62 valence electrons. The normalized spacial score (nSPS) is 49.8. The molecule has 2 N–H and O–H groups in total. The van der Waals surface area contributed by atoms with Crippen LogP contribution in [0.15, 0.2) is 0 Å². The molecule has 11 heavy (non-hydrogen) atoms. The van der Waals surface area contributed by atoms with Crippen molar-refractivity contribution in [2.45, 2.75) is 24.6 Å². The number of hydrogen-bond acceptors (Lipinski definition) is 5. The van der Waals surface area contributed by atoms with E-state index in [-0.39, 0.29) is 6.61 Å². The van der Waals surface area contributed by atoms with Crippen LogP contribution in [-0.2, 0) is 14.3 Å². The second-order valence-corrected chi connectivity index (χ2v) is 2.67. The van der Waals surface area contributed by atoms with Crippen LogP contribution in [0.4, 0.5) is 0 Å². The van der Waals surface area contributed by atoms with E-state index >= 15 is 0 Å². The molecule has 2 aliphatic rings. The summed E-state index contributed by atoms with van der Waals surface area (Å²) < 4.78 is 9.83. The predicted octanol–water partition coefficient (Wildman–Crippen LogP) is -1.97. The lowest BCUT2D eigenvalue weighted by molar-refractivity contribution is -0.188. The van der Waals surface area contributed by atoms with Gasteiger partial charge >= 0.3 is 0 Å². The molecule has 2 rings (SSSR count). The van der Waals surface area contributed by atoms with Crippen molar-refractivity contribution < 1.29 is 24.5 Å². The third-order valence-corrected chi connectivity index (χ3v) is 1.93. The van der Waals surface area contributed by atoms with Gasteiger partial charge in [0.1, 0.15) is 12.2 Å². The van der Waals surface area contributed by atoms with Crippen molar-refractivity contribution in [2.24, 2.45) is 0 Å². The monoisotopic (exact) mass is 160 g/mol. The number of carbonyl (C=O) groups excluding carboxylic acids is 1. The maximum Gasteiger partial charge on any atom is 0.197 e. The van der Waals surface area contributed by atoms with E-state index in [1.54, 1.807) is 0 Å². The highest BCUT2D eigenvalue weighted by atomic mass is 16.7. The number of aliphatic hydroxyl groups excluding tert-OH is 2. The van der Waals surface area contributed by atoms with Gasteiger partial charge in [0.2, 0.25) is 0 Å². The van der Waals surface area contributed by atoms with E-state index in [2.05, 4.69) is 0 Å². The molecule has 0 saturated carbocycles. The minimum absolute atomic E-state index is 0.175. The molecular formula is C6H8O5. The Morgan fingerprint density at radius 1 is 1.36 bits per heavy atom. The average Bonchev–Trinajstić information content (AvgIpc) is 2.44. The summed E-state index contributed by atoms with van der Waals surface area (Å²) in [4.78, 5) is 10.9. The van der Waals surface area contributed by atoms with Gasteiger partial charge in [-0.15, -0.1) is 0 Å². The van der Waals surface area contributed by atoms with Gasteiger partial charge < -0.3 is 19.7 Å². The minimum Gasteiger partial charge on any atom is -0.382 e. The summed E-state index contributed by atoms with van der Waals surface area (Å²) in [5.41, 5.74) is 0. The maximum atomic E-state index is 10.9. The van der Waals surface area contributed by atoms with Crippen LogP contribution < -0.4 is 0 Å². The van der Waals surface area contributed by atoms with Gasteiger partial charge in [-0.25, -0.2) is 0 Å². The summed E-state index contributed by atoms with van der Waals surface area (Å²) in [6, 6.07) is 0. The van der Waals surface area contributed by atoms with Crippen LogP contribution in [0.25, 0.3) is 0 Å². The summed E-state index contributed by atoms with van der Waals surface area (Å²) >= 11 is 0. The number of ether oxygens (including phenoxy) is 2. The Hall–Kier alpha value is -0.490. The lowest BCUT2D eigenvalue weighted by atomic mass is 10.0. The predicted molar refractivity (Wildman–Crippen MR) is 31.6 cm³/mol. The zero-order chi connectivity index (χ0) is 8.01. The largest absolute Gasteiger partial charge is 0.382 e. The molecule has 0 unspecified atom stereocenters. The molecule has 5 heteroatoms. The van der Waals surface area contributed by atoms with Crippen molar-refractivity contribution in [2.75, 3.05) is 6.61 Å². The molecule has 2 aliphatic heterocycles. The fraction of sp³-hybridized carbons (Fsp3) is 0.833. The molecule has 0 radical (unpaired) electrons. The van der Waals surface area contributed by atoms with Gasteiger partial charge in [0.15, 0.2) is 18.2 Å². The first-order valence-corrected chi connectivity index (χ1v) is 3.37. The Morgan fingerprint density at radius 2 is 2.09 bits per heavy atom. The van der Waals surface area contributed by atoms with E-state index in [0.29, 0.717) is 0 Å². The molecule has 0 spiro atoms. The Morgan fingerprint density at radius 3 is 2.82 bits per heavy atom. The van der Waals surface area contributed by atoms with Gasteiger partial charge in [-0.2, -0.15) is 0 Å². The molecule has 0 aromatic heterocycles. The number of aliphatic hydroxyl groups is 2. The molecular weight excluding hydrogens is 152 g/mol. The highest BCUT2D eigenvalue weighted by molar-refractivity contribution is 5.88. The summed E-state index contributed by atoms with van der Waals surface area (Å²) in [5.74, 6) is -0.608. The number of ketones is 1. The van der Waals surface area contributed by atoms with E-state index < -0.39 is 30.4 Å². The summed E-state index contributed by atoms with van der Waals surface area (Å²) in [5, 5.41) is 18.2. The number of carbonyl (C=O) groups is 1. The fourth-order valence-electron chi connectivity index (χ4n) is 1.26. The van der Waals surface area contributed by atoms with Crippen LogP contribution >= 0.6 is 0 Å². The lowest BCUT2D eigenvalue weighted by Gasteiger charge is -2.25. The Balaban J connectivity index is 2.23. The molecule has 4 atom stereocenters.